The van der Waals surface area contributed by atoms with Crippen molar-refractivity contribution in [2.75, 3.05) is 6.61 Å². The van der Waals surface area contributed by atoms with E-state index in [1.165, 1.54) is 51.4 Å². The molecule has 0 N–H and O–H groups in total. The van der Waals surface area contributed by atoms with Gasteiger partial charge in [0.2, 0.25) is 0 Å². The highest BCUT2D eigenvalue weighted by Gasteiger charge is 2.32. The number of carbonyl (C=O) groups is 2. The number of ether oxygens (including phenoxy) is 1. The maximum absolute atomic E-state index is 12.9. The number of ketones is 2. The highest BCUT2D eigenvalue weighted by molar-refractivity contribution is 6.03. The van der Waals surface area contributed by atoms with Crippen molar-refractivity contribution in [3.05, 3.63) is 54.1 Å². The zero-order valence-electron chi connectivity index (χ0n) is 22.6. The SMILES string of the molecule is CCCCCCCCOc1ccc(-c2ccc(CC(=O)C3CCC(CCCCC)CC3=O)cc2)cc1. The second kappa shape index (κ2) is 15.6. The smallest absolute Gasteiger partial charge is 0.147 e. The Labute approximate surface area is 219 Å². The molecule has 0 aromatic heterocycles. The van der Waals surface area contributed by atoms with E-state index in [0.717, 1.165) is 54.7 Å². The van der Waals surface area contributed by atoms with Gasteiger partial charge >= 0.3 is 0 Å². The van der Waals surface area contributed by atoms with Gasteiger partial charge in [-0.05, 0) is 54.0 Å². The molecule has 3 rings (SSSR count). The van der Waals surface area contributed by atoms with Crippen molar-refractivity contribution in [1.29, 1.82) is 0 Å². The zero-order chi connectivity index (χ0) is 25.6. The molecule has 2 aromatic rings. The lowest BCUT2D eigenvalue weighted by Gasteiger charge is -2.26. The minimum Gasteiger partial charge on any atom is -0.494 e. The van der Waals surface area contributed by atoms with E-state index >= 15 is 0 Å². The zero-order valence-corrected chi connectivity index (χ0v) is 22.6. The van der Waals surface area contributed by atoms with Crippen LogP contribution in [0.1, 0.15) is 103 Å². The van der Waals surface area contributed by atoms with Gasteiger partial charge in [0.25, 0.3) is 0 Å². The lowest BCUT2D eigenvalue weighted by molar-refractivity contribution is -0.135. The Morgan fingerprint density at radius 2 is 1.39 bits per heavy atom. The molecule has 0 bridgehead atoms. The summed E-state index contributed by atoms with van der Waals surface area (Å²) in [6.45, 7) is 5.22. The monoisotopic (exact) mass is 490 g/mol. The summed E-state index contributed by atoms with van der Waals surface area (Å²) in [5.41, 5.74) is 3.24. The average Bonchev–Trinajstić information content (AvgIpc) is 2.89. The largest absolute Gasteiger partial charge is 0.494 e. The molecule has 2 atom stereocenters. The Kier molecular flexibility index (Phi) is 12.2. The Balaban J connectivity index is 1.42. The van der Waals surface area contributed by atoms with E-state index in [9.17, 15) is 9.59 Å². The number of hydrogen-bond donors (Lipinski definition) is 0. The van der Waals surface area contributed by atoms with Crippen LogP contribution in [-0.2, 0) is 16.0 Å². The Hall–Kier alpha value is -2.42. The van der Waals surface area contributed by atoms with Crippen molar-refractivity contribution in [2.24, 2.45) is 11.8 Å². The minimum absolute atomic E-state index is 0.0895. The molecule has 1 aliphatic carbocycles. The van der Waals surface area contributed by atoms with Gasteiger partial charge in [-0.15, -0.1) is 0 Å². The molecule has 1 saturated carbocycles. The van der Waals surface area contributed by atoms with Gasteiger partial charge in [0, 0.05) is 12.8 Å². The van der Waals surface area contributed by atoms with Gasteiger partial charge in [0.05, 0.1) is 12.5 Å². The Morgan fingerprint density at radius 1 is 0.778 bits per heavy atom. The molecule has 0 radical (unpaired) electrons. The number of hydrogen-bond acceptors (Lipinski definition) is 3. The number of Topliss-reactive ketones (excluding diaryl/α,β-unsaturated/α-hetero) is 2. The number of rotatable bonds is 16. The van der Waals surface area contributed by atoms with Crippen LogP contribution in [0.3, 0.4) is 0 Å². The maximum Gasteiger partial charge on any atom is 0.147 e. The van der Waals surface area contributed by atoms with E-state index in [4.69, 9.17) is 4.74 Å². The Bertz CT molecular complexity index is 913. The van der Waals surface area contributed by atoms with Gasteiger partial charge in [-0.1, -0.05) is 108 Å². The van der Waals surface area contributed by atoms with Crippen LogP contribution in [0.5, 0.6) is 5.75 Å². The summed E-state index contributed by atoms with van der Waals surface area (Å²) < 4.78 is 5.90. The fourth-order valence-corrected chi connectivity index (χ4v) is 5.32. The van der Waals surface area contributed by atoms with Crippen molar-refractivity contribution >= 4 is 11.6 Å². The van der Waals surface area contributed by atoms with Crippen molar-refractivity contribution < 1.29 is 14.3 Å². The fraction of sp³-hybridized carbons (Fsp3) is 0.576. The maximum atomic E-state index is 12.9. The first-order valence-electron chi connectivity index (χ1n) is 14.5. The standard InChI is InChI=1S/C33H46O3/c1-3-5-7-8-9-11-23-36-30-20-18-29(19-21-30)28-16-13-27(14-17-28)25-33(35)31-22-15-26(24-32(31)34)12-10-6-4-2/h13-14,16-21,26,31H,3-12,15,22-25H2,1-2H3. The van der Waals surface area contributed by atoms with E-state index in [-0.39, 0.29) is 11.6 Å². The van der Waals surface area contributed by atoms with E-state index in [1.54, 1.807) is 0 Å². The van der Waals surface area contributed by atoms with Gasteiger partial charge in [-0.25, -0.2) is 0 Å². The second-order valence-electron chi connectivity index (χ2n) is 10.6. The molecule has 1 fully saturated rings. The van der Waals surface area contributed by atoms with Gasteiger partial charge in [0.15, 0.2) is 0 Å². The van der Waals surface area contributed by atoms with Gasteiger partial charge in [0.1, 0.15) is 17.3 Å². The third kappa shape index (κ3) is 9.22. The van der Waals surface area contributed by atoms with Crippen molar-refractivity contribution in [3.8, 4) is 16.9 Å². The minimum atomic E-state index is -0.393. The number of benzene rings is 2. The molecule has 3 heteroatoms. The van der Waals surface area contributed by atoms with E-state index in [0.29, 0.717) is 18.8 Å². The van der Waals surface area contributed by atoms with Crippen LogP contribution in [0.25, 0.3) is 11.1 Å². The highest BCUT2D eigenvalue weighted by Crippen LogP contribution is 2.31. The van der Waals surface area contributed by atoms with E-state index < -0.39 is 5.92 Å². The molecule has 196 valence electrons. The van der Waals surface area contributed by atoms with Crippen LogP contribution in [0, 0.1) is 11.8 Å². The molecule has 0 aliphatic heterocycles. The summed E-state index contributed by atoms with van der Waals surface area (Å²) >= 11 is 0. The van der Waals surface area contributed by atoms with Gasteiger partial charge in [-0.2, -0.15) is 0 Å². The fourth-order valence-electron chi connectivity index (χ4n) is 5.32. The summed E-state index contributed by atoms with van der Waals surface area (Å²) in [4.78, 5) is 25.5. The van der Waals surface area contributed by atoms with E-state index in [1.807, 2.05) is 24.3 Å². The quantitative estimate of drug-likeness (QED) is 0.174. The van der Waals surface area contributed by atoms with Crippen molar-refractivity contribution in [3.63, 3.8) is 0 Å². The average molecular weight is 491 g/mol. The van der Waals surface area contributed by atoms with Gasteiger partial charge in [-0.3, -0.25) is 9.59 Å². The first-order chi connectivity index (χ1) is 17.6. The normalized spacial score (nSPS) is 17.8. The third-order valence-corrected chi connectivity index (χ3v) is 7.63. The number of unbranched alkanes of at least 4 members (excludes halogenated alkanes) is 7. The van der Waals surface area contributed by atoms with Crippen molar-refractivity contribution in [2.45, 2.75) is 104 Å². The molecule has 0 heterocycles. The lowest BCUT2D eigenvalue weighted by atomic mass is 9.76. The summed E-state index contributed by atoms with van der Waals surface area (Å²) in [6.07, 6.45) is 15.1. The number of carbonyl (C=O) groups excluding carboxylic acids is 2. The molecular formula is C33H46O3. The first-order valence-corrected chi connectivity index (χ1v) is 14.5. The van der Waals surface area contributed by atoms with Crippen LogP contribution in [0.2, 0.25) is 0 Å². The third-order valence-electron chi connectivity index (χ3n) is 7.63. The summed E-state index contributed by atoms with van der Waals surface area (Å²) in [6, 6.07) is 16.4. The van der Waals surface area contributed by atoms with Crippen LogP contribution in [0.4, 0.5) is 0 Å². The van der Waals surface area contributed by atoms with Gasteiger partial charge < -0.3 is 4.74 Å². The highest BCUT2D eigenvalue weighted by atomic mass is 16.5. The molecule has 3 nitrogen and oxygen atoms in total. The lowest BCUT2D eigenvalue weighted by Crippen LogP contribution is -2.32. The molecule has 2 unspecified atom stereocenters. The van der Waals surface area contributed by atoms with Crippen LogP contribution >= 0.6 is 0 Å². The Morgan fingerprint density at radius 3 is 2.06 bits per heavy atom. The second-order valence-corrected chi connectivity index (χ2v) is 10.6. The van der Waals surface area contributed by atoms with E-state index in [2.05, 4.69) is 38.1 Å². The predicted octanol–water partition coefficient (Wildman–Crippen LogP) is 8.77. The molecule has 0 saturated heterocycles. The molecule has 0 amide bonds. The predicted molar refractivity (Wildman–Crippen MR) is 149 cm³/mol. The van der Waals surface area contributed by atoms with Crippen molar-refractivity contribution in [1.82, 2.24) is 0 Å². The molecule has 0 spiro atoms. The van der Waals surface area contributed by atoms with Crippen LogP contribution < -0.4 is 4.74 Å². The summed E-state index contributed by atoms with van der Waals surface area (Å²) in [5, 5.41) is 0. The summed E-state index contributed by atoms with van der Waals surface area (Å²) in [5.74, 6) is 1.27. The van der Waals surface area contributed by atoms with Crippen LogP contribution in [-0.4, -0.2) is 18.2 Å². The van der Waals surface area contributed by atoms with Crippen LogP contribution in [0.15, 0.2) is 48.5 Å². The molecule has 2 aromatic carbocycles. The topological polar surface area (TPSA) is 43.4 Å². The molecular weight excluding hydrogens is 444 g/mol. The molecule has 36 heavy (non-hydrogen) atoms. The molecule has 1 aliphatic rings. The first kappa shape index (κ1) is 28.2. The summed E-state index contributed by atoms with van der Waals surface area (Å²) in [7, 11) is 0.